The lowest BCUT2D eigenvalue weighted by Gasteiger charge is -2.05. The van der Waals surface area contributed by atoms with E-state index in [1.54, 1.807) is 4.40 Å². The summed E-state index contributed by atoms with van der Waals surface area (Å²) in [7, 11) is 0. The second kappa shape index (κ2) is 7.87. The molecule has 0 fully saturated rings. The number of ether oxygens (including phenoxy) is 1. The second-order valence-electron chi connectivity index (χ2n) is 6.24. The van der Waals surface area contributed by atoms with Crippen molar-refractivity contribution in [3.63, 3.8) is 0 Å². The third-order valence-corrected chi connectivity index (χ3v) is 5.69. The first-order valence-corrected chi connectivity index (χ1v) is 10.2. The number of aromatic nitrogens is 3. The van der Waals surface area contributed by atoms with Gasteiger partial charge in [-0.05, 0) is 44.2 Å². The molecule has 1 aromatic carbocycles. The molecule has 0 saturated heterocycles. The third-order valence-electron chi connectivity index (χ3n) is 4.41. The Kier molecular flexibility index (Phi) is 5.30. The van der Waals surface area contributed by atoms with Crippen LogP contribution in [0, 0.1) is 6.92 Å². The molecule has 0 saturated carbocycles. The van der Waals surface area contributed by atoms with Crippen molar-refractivity contribution >= 4 is 44.7 Å². The molecule has 0 bridgehead atoms. The summed E-state index contributed by atoms with van der Waals surface area (Å²) in [5, 5.41) is 0.654. The SMILES string of the molecule is CCOCCn1c(=NC(=O)c2c(C)nc3ccccn23)sc2cc(Cl)ccc21. The highest BCUT2D eigenvalue weighted by molar-refractivity contribution is 7.16. The van der Waals surface area contributed by atoms with Crippen molar-refractivity contribution in [3.05, 3.63) is 63.8 Å². The molecule has 0 unspecified atom stereocenters. The zero-order valence-corrected chi connectivity index (χ0v) is 17.1. The predicted molar refractivity (Wildman–Crippen MR) is 111 cm³/mol. The Bertz CT molecular complexity index is 1240. The summed E-state index contributed by atoms with van der Waals surface area (Å²) < 4.78 is 10.3. The van der Waals surface area contributed by atoms with Crippen LogP contribution in [0.1, 0.15) is 23.1 Å². The number of thiazole rings is 1. The van der Waals surface area contributed by atoms with Crippen LogP contribution in [0.2, 0.25) is 5.02 Å². The molecule has 0 N–H and O–H groups in total. The van der Waals surface area contributed by atoms with Crippen LogP contribution in [0.25, 0.3) is 15.9 Å². The molecular weight excluding hydrogens is 396 g/mol. The first-order valence-electron chi connectivity index (χ1n) is 8.98. The van der Waals surface area contributed by atoms with Gasteiger partial charge in [0, 0.05) is 24.4 Å². The predicted octanol–water partition coefficient (Wildman–Crippen LogP) is 4.09. The molecule has 1 amide bonds. The molecule has 3 heterocycles. The van der Waals surface area contributed by atoms with Crippen molar-refractivity contribution < 1.29 is 9.53 Å². The topological polar surface area (TPSA) is 60.9 Å². The summed E-state index contributed by atoms with van der Waals surface area (Å²) in [5.74, 6) is -0.320. The fourth-order valence-corrected chi connectivity index (χ4v) is 4.49. The number of hydrogen-bond donors (Lipinski definition) is 0. The Morgan fingerprint density at radius 3 is 3.00 bits per heavy atom. The number of imidazole rings is 1. The minimum absolute atomic E-state index is 0.320. The van der Waals surface area contributed by atoms with Gasteiger partial charge in [-0.1, -0.05) is 29.0 Å². The highest BCUT2D eigenvalue weighted by Gasteiger charge is 2.17. The van der Waals surface area contributed by atoms with E-state index in [1.807, 2.05) is 61.0 Å². The number of carbonyl (C=O) groups is 1. The largest absolute Gasteiger partial charge is 0.380 e. The normalized spacial score (nSPS) is 12.3. The first-order chi connectivity index (χ1) is 13.6. The van der Waals surface area contributed by atoms with Gasteiger partial charge in [0.1, 0.15) is 11.3 Å². The Labute approximate surface area is 170 Å². The van der Waals surface area contributed by atoms with Gasteiger partial charge < -0.3 is 9.30 Å². The molecule has 4 aromatic rings. The van der Waals surface area contributed by atoms with Crippen molar-refractivity contribution in [1.29, 1.82) is 0 Å². The summed E-state index contributed by atoms with van der Waals surface area (Å²) in [6.07, 6.45) is 1.83. The van der Waals surface area contributed by atoms with Crippen LogP contribution in [0.4, 0.5) is 0 Å². The quantitative estimate of drug-likeness (QED) is 0.462. The molecule has 3 aromatic heterocycles. The number of pyridine rings is 1. The van der Waals surface area contributed by atoms with E-state index < -0.39 is 0 Å². The Balaban J connectivity index is 1.84. The summed E-state index contributed by atoms with van der Waals surface area (Å²) in [5.41, 5.74) is 2.84. The standard InChI is InChI=1S/C20H19ClN4O2S/c1-3-27-11-10-24-15-8-7-14(21)12-16(15)28-20(24)23-19(26)18-13(2)22-17-6-4-5-9-25(17)18/h4-9,12H,3,10-11H2,1-2H3. The van der Waals surface area contributed by atoms with Crippen molar-refractivity contribution in [1.82, 2.24) is 14.0 Å². The molecule has 28 heavy (non-hydrogen) atoms. The van der Waals surface area contributed by atoms with E-state index in [4.69, 9.17) is 16.3 Å². The van der Waals surface area contributed by atoms with Crippen molar-refractivity contribution in [2.45, 2.75) is 20.4 Å². The Morgan fingerprint density at radius 1 is 1.32 bits per heavy atom. The smallest absolute Gasteiger partial charge is 0.298 e. The molecule has 6 nitrogen and oxygen atoms in total. The monoisotopic (exact) mass is 414 g/mol. The maximum Gasteiger partial charge on any atom is 0.298 e. The maximum atomic E-state index is 13.0. The number of rotatable bonds is 5. The lowest BCUT2D eigenvalue weighted by Crippen LogP contribution is -2.20. The Morgan fingerprint density at radius 2 is 2.18 bits per heavy atom. The van der Waals surface area contributed by atoms with Crippen LogP contribution < -0.4 is 4.80 Å². The molecule has 0 atom stereocenters. The average Bonchev–Trinajstić information content (AvgIpc) is 3.18. The van der Waals surface area contributed by atoms with Gasteiger partial charge in [0.25, 0.3) is 5.91 Å². The molecule has 0 spiro atoms. The second-order valence-corrected chi connectivity index (χ2v) is 7.68. The zero-order chi connectivity index (χ0) is 19.7. The third kappa shape index (κ3) is 3.48. The van der Waals surface area contributed by atoms with E-state index in [0.717, 1.165) is 15.9 Å². The molecular formula is C20H19ClN4O2S. The molecule has 0 aliphatic carbocycles. The number of aryl methyl sites for hydroxylation is 1. The molecule has 0 aliphatic heterocycles. The van der Waals surface area contributed by atoms with Crippen molar-refractivity contribution in [2.24, 2.45) is 4.99 Å². The average molecular weight is 415 g/mol. The fraction of sp³-hybridized carbons (Fsp3) is 0.250. The molecule has 144 valence electrons. The minimum Gasteiger partial charge on any atom is -0.380 e. The van der Waals surface area contributed by atoms with E-state index in [2.05, 4.69) is 9.98 Å². The molecule has 8 heteroatoms. The highest BCUT2D eigenvalue weighted by atomic mass is 35.5. The minimum atomic E-state index is -0.320. The fourth-order valence-electron chi connectivity index (χ4n) is 3.16. The summed E-state index contributed by atoms with van der Waals surface area (Å²) in [6, 6.07) is 11.3. The van der Waals surface area contributed by atoms with Crippen molar-refractivity contribution in [2.75, 3.05) is 13.2 Å². The number of hydrogen-bond acceptors (Lipinski definition) is 4. The molecule has 0 aliphatic rings. The number of carbonyl (C=O) groups excluding carboxylic acids is 1. The van der Waals surface area contributed by atoms with Gasteiger partial charge in [-0.15, -0.1) is 0 Å². The van der Waals surface area contributed by atoms with Gasteiger partial charge >= 0.3 is 0 Å². The number of fused-ring (bicyclic) bond motifs is 2. The number of benzene rings is 1. The van der Waals surface area contributed by atoms with Gasteiger partial charge in [-0.3, -0.25) is 9.20 Å². The lowest BCUT2D eigenvalue weighted by atomic mass is 10.3. The van der Waals surface area contributed by atoms with E-state index in [0.29, 0.717) is 41.0 Å². The Hall–Kier alpha value is -2.48. The van der Waals surface area contributed by atoms with Crippen molar-refractivity contribution in [3.8, 4) is 0 Å². The lowest BCUT2D eigenvalue weighted by molar-refractivity contribution is 0.0990. The van der Waals surface area contributed by atoms with E-state index in [1.165, 1.54) is 11.3 Å². The number of nitrogens with zero attached hydrogens (tertiary/aromatic N) is 4. The van der Waals surface area contributed by atoms with Gasteiger partial charge in [0.2, 0.25) is 0 Å². The van der Waals surface area contributed by atoms with Gasteiger partial charge in [-0.25, -0.2) is 4.98 Å². The van der Waals surface area contributed by atoms with Crippen LogP contribution in [0.15, 0.2) is 47.6 Å². The van der Waals surface area contributed by atoms with Gasteiger partial charge in [0.05, 0.1) is 22.5 Å². The summed E-state index contributed by atoms with van der Waals surface area (Å²) in [4.78, 5) is 22.6. The molecule has 0 radical (unpaired) electrons. The van der Waals surface area contributed by atoms with Crippen LogP contribution in [-0.2, 0) is 11.3 Å². The van der Waals surface area contributed by atoms with Crippen LogP contribution in [0.5, 0.6) is 0 Å². The number of halogens is 1. The molecule has 4 rings (SSSR count). The number of amides is 1. The van der Waals surface area contributed by atoms with Crippen LogP contribution >= 0.6 is 22.9 Å². The van der Waals surface area contributed by atoms with E-state index >= 15 is 0 Å². The van der Waals surface area contributed by atoms with E-state index in [-0.39, 0.29) is 5.91 Å². The van der Waals surface area contributed by atoms with Gasteiger partial charge in [-0.2, -0.15) is 4.99 Å². The highest BCUT2D eigenvalue weighted by Crippen LogP contribution is 2.22. The first kappa shape index (κ1) is 18.9. The van der Waals surface area contributed by atoms with E-state index in [9.17, 15) is 4.79 Å². The summed E-state index contributed by atoms with van der Waals surface area (Å²) in [6.45, 7) is 5.57. The van der Waals surface area contributed by atoms with Crippen LogP contribution in [-0.4, -0.2) is 33.1 Å². The zero-order valence-electron chi connectivity index (χ0n) is 15.6. The maximum absolute atomic E-state index is 13.0. The van der Waals surface area contributed by atoms with Crippen LogP contribution in [0.3, 0.4) is 0 Å². The van der Waals surface area contributed by atoms with Gasteiger partial charge in [0.15, 0.2) is 4.80 Å². The summed E-state index contributed by atoms with van der Waals surface area (Å²) >= 11 is 7.58.